The number of halogens is 1. The molecule has 5 heteroatoms. The summed E-state index contributed by atoms with van der Waals surface area (Å²) in [5.41, 5.74) is 7.93. The van der Waals surface area contributed by atoms with Crippen LogP contribution in [0.1, 0.15) is 27.2 Å². The zero-order chi connectivity index (χ0) is 14.5. The quantitative estimate of drug-likeness (QED) is 0.894. The van der Waals surface area contributed by atoms with E-state index >= 15 is 0 Å². The van der Waals surface area contributed by atoms with Gasteiger partial charge in [0.2, 0.25) is 0 Å². The molecule has 0 aliphatic rings. The van der Waals surface area contributed by atoms with Gasteiger partial charge in [0.05, 0.1) is 5.69 Å². The molecule has 0 fully saturated rings. The summed E-state index contributed by atoms with van der Waals surface area (Å²) < 4.78 is 13.4. The lowest BCUT2D eigenvalue weighted by Crippen LogP contribution is -2.23. The number of nitrogens with two attached hydrogens (primary N) is 1. The lowest BCUT2D eigenvalue weighted by atomic mass is 10.1. The molecule has 4 nitrogen and oxygen atoms in total. The van der Waals surface area contributed by atoms with Gasteiger partial charge in [-0.1, -0.05) is 12.1 Å². The van der Waals surface area contributed by atoms with Gasteiger partial charge in [0.25, 0.3) is 5.91 Å². The van der Waals surface area contributed by atoms with E-state index in [1.54, 1.807) is 37.4 Å². The van der Waals surface area contributed by atoms with Gasteiger partial charge in [-0.2, -0.15) is 0 Å². The lowest BCUT2D eigenvalue weighted by molar-refractivity contribution is 0.0950. The molecule has 3 N–H and O–H groups in total. The number of benzene rings is 1. The van der Waals surface area contributed by atoms with Crippen molar-refractivity contribution in [3.05, 3.63) is 64.7 Å². The Hall–Kier alpha value is -2.27. The van der Waals surface area contributed by atoms with Crippen LogP contribution in [0.5, 0.6) is 0 Å². The minimum atomic E-state index is -0.272. The molecule has 1 amide bonds. The Balaban J connectivity index is 2.02. The average Bonchev–Trinajstić information content (AvgIpc) is 2.48. The van der Waals surface area contributed by atoms with Gasteiger partial charge in [0, 0.05) is 24.8 Å². The first kappa shape index (κ1) is 14.1. The summed E-state index contributed by atoms with van der Waals surface area (Å²) in [5, 5.41) is 2.74. The zero-order valence-corrected chi connectivity index (χ0v) is 11.2. The number of aromatic nitrogens is 1. The van der Waals surface area contributed by atoms with E-state index in [9.17, 15) is 9.18 Å². The molecule has 0 aliphatic carbocycles. The first-order chi connectivity index (χ1) is 9.60. The van der Waals surface area contributed by atoms with Crippen LogP contribution in [0.15, 0.2) is 36.5 Å². The number of hydrogen-bond donors (Lipinski definition) is 2. The summed E-state index contributed by atoms with van der Waals surface area (Å²) in [6.07, 6.45) is 1.54. The van der Waals surface area contributed by atoms with Crippen LogP contribution in [0.2, 0.25) is 0 Å². The van der Waals surface area contributed by atoms with E-state index in [1.807, 2.05) is 0 Å². The van der Waals surface area contributed by atoms with Crippen LogP contribution < -0.4 is 11.1 Å². The van der Waals surface area contributed by atoms with Crippen molar-refractivity contribution in [1.82, 2.24) is 10.3 Å². The minimum Gasteiger partial charge on any atom is -0.348 e. The molecule has 0 saturated heterocycles. The topological polar surface area (TPSA) is 68.0 Å². The first-order valence-electron chi connectivity index (χ1n) is 6.28. The number of aryl methyl sites for hydroxylation is 1. The second-order valence-electron chi connectivity index (χ2n) is 4.51. The third kappa shape index (κ3) is 3.39. The molecule has 0 atom stereocenters. The molecule has 1 heterocycles. The largest absolute Gasteiger partial charge is 0.348 e. The molecule has 1 aromatic carbocycles. The van der Waals surface area contributed by atoms with E-state index in [1.165, 1.54) is 6.07 Å². The Morgan fingerprint density at radius 1 is 1.35 bits per heavy atom. The third-order valence-corrected chi connectivity index (χ3v) is 2.98. The SMILES string of the molecule is Cc1ccc(CNC(=O)c2ccnc(CN)c2)cc1F. The van der Waals surface area contributed by atoms with Crippen molar-refractivity contribution in [3.63, 3.8) is 0 Å². The number of amides is 1. The summed E-state index contributed by atoms with van der Waals surface area (Å²) in [4.78, 5) is 16.0. The summed E-state index contributed by atoms with van der Waals surface area (Å²) in [6.45, 7) is 2.25. The molecule has 0 saturated carbocycles. The summed E-state index contributed by atoms with van der Waals surface area (Å²) in [7, 11) is 0. The maximum absolute atomic E-state index is 13.4. The smallest absolute Gasteiger partial charge is 0.251 e. The predicted octanol–water partition coefficient (Wildman–Crippen LogP) is 1.92. The predicted molar refractivity (Wildman–Crippen MR) is 74.4 cm³/mol. The number of carbonyl (C=O) groups excluding carboxylic acids is 1. The fourth-order valence-corrected chi connectivity index (χ4v) is 1.76. The highest BCUT2D eigenvalue weighted by Gasteiger charge is 2.07. The molecule has 20 heavy (non-hydrogen) atoms. The van der Waals surface area contributed by atoms with Gasteiger partial charge >= 0.3 is 0 Å². The van der Waals surface area contributed by atoms with E-state index in [0.29, 0.717) is 16.8 Å². The molecule has 0 unspecified atom stereocenters. The van der Waals surface area contributed by atoms with Crippen LogP contribution in [-0.4, -0.2) is 10.9 Å². The van der Waals surface area contributed by atoms with Crippen LogP contribution in [0.25, 0.3) is 0 Å². The van der Waals surface area contributed by atoms with Gasteiger partial charge in [0.1, 0.15) is 5.82 Å². The van der Waals surface area contributed by atoms with Crippen molar-refractivity contribution in [2.45, 2.75) is 20.0 Å². The average molecular weight is 273 g/mol. The molecule has 1 aromatic heterocycles. The lowest BCUT2D eigenvalue weighted by Gasteiger charge is -2.07. The highest BCUT2D eigenvalue weighted by atomic mass is 19.1. The van der Waals surface area contributed by atoms with E-state index in [2.05, 4.69) is 10.3 Å². The van der Waals surface area contributed by atoms with Gasteiger partial charge in [0.15, 0.2) is 0 Å². The number of nitrogens with one attached hydrogen (secondary N) is 1. The Morgan fingerprint density at radius 3 is 2.85 bits per heavy atom. The molecule has 2 rings (SSSR count). The number of rotatable bonds is 4. The van der Waals surface area contributed by atoms with Gasteiger partial charge in [-0.3, -0.25) is 9.78 Å². The van der Waals surface area contributed by atoms with Crippen molar-refractivity contribution in [3.8, 4) is 0 Å². The highest BCUT2D eigenvalue weighted by Crippen LogP contribution is 2.09. The van der Waals surface area contributed by atoms with Gasteiger partial charge in [-0.05, 0) is 36.2 Å². The molecule has 0 bridgehead atoms. The molecule has 0 radical (unpaired) electrons. The first-order valence-corrected chi connectivity index (χ1v) is 6.28. The molecular weight excluding hydrogens is 257 g/mol. The molecule has 0 spiro atoms. The molecule has 0 aliphatic heterocycles. The van der Waals surface area contributed by atoms with Crippen molar-refractivity contribution in [2.75, 3.05) is 0 Å². The fraction of sp³-hybridized carbons (Fsp3) is 0.200. The van der Waals surface area contributed by atoms with Crippen molar-refractivity contribution in [2.24, 2.45) is 5.73 Å². The fourth-order valence-electron chi connectivity index (χ4n) is 1.76. The second-order valence-corrected chi connectivity index (χ2v) is 4.51. The summed E-state index contributed by atoms with van der Waals surface area (Å²) in [6, 6.07) is 8.16. The zero-order valence-electron chi connectivity index (χ0n) is 11.2. The maximum atomic E-state index is 13.4. The summed E-state index contributed by atoms with van der Waals surface area (Å²) in [5.74, 6) is -0.505. The normalized spacial score (nSPS) is 10.3. The van der Waals surface area contributed by atoms with E-state index < -0.39 is 0 Å². The van der Waals surface area contributed by atoms with Gasteiger partial charge < -0.3 is 11.1 Å². The standard InChI is InChI=1S/C15H16FN3O/c1-10-2-3-11(6-14(10)16)9-19-15(20)12-4-5-18-13(7-12)8-17/h2-7H,8-9,17H2,1H3,(H,19,20). The van der Waals surface area contributed by atoms with Gasteiger partial charge in [-0.25, -0.2) is 4.39 Å². The molecular formula is C15H16FN3O. The van der Waals surface area contributed by atoms with Crippen LogP contribution >= 0.6 is 0 Å². The van der Waals surface area contributed by atoms with Crippen LogP contribution in [0.3, 0.4) is 0 Å². The Morgan fingerprint density at radius 2 is 2.15 bits per heavy atom. The number of carbonyl (C=O) groups is 1. The monoisotopic (exact) mass is 273 g/mol. The Labute approximate surface area is 116 Å². The second kappa shape index (κ2) is 6.25. The molecule has 2 aromatic rings. The number of pyridine rings is 1. The van der Waals surface area contributed by atoms with Crippen LogP contribution in [0, 0.1) is 12.7 Å². The van der Waals surface area contributed by atoms with Crippen molar-refractivity contribution in [1.29, 1.82) is 0 Å². The highest BCUT2D eigenvalue weighted by molar-refractivity contribution is 5.94. The number of hydrogen-bond acceptors (Lipinski definition) is 3. The van der Waals surface area contributed by atoms with E-state index in [-0.39, 0.29) is 24.8 Å². The van der Waals surface area contributed by atoms with Crippen molar-refractivity contribution >= 4 is 5.91 Å². The Bertz CT molecular complexity index is 628. The minimum absolute atomic E-state index is 0.233. The van der Waals surface area contributed by atoms with Crippen molar-refractivity contribution < 1.29 is 9.18 Å². The van der Waals surface area contributed by atoms with E-state index in [4.69, 9.17) is 5.73 Å². The maximum Gasteiger partial charge on any atom is 0.251 e. The Kier molecular flexibility index (Phi) is 4.42. The van der Waals surface area contributed by atoms with Gasteiger partial charge in [-0.15, -0.1) is 0 Å². The van der Waals surface area contributed by atoms with Crippen LogP contribution in [0.4, 0.5) is 4.39 Å². The third-order valence-electron chi connectivity index (χ3n) is 2.98. The summed E-state index contributed by atoms with van der Waals surface area (Å²) >= 11 is 0. The van der Waals surface area contributed by atoms with Crippen LogP contribution in [-0.2, 0) is 13.1 Å². The number of nitrogens with zero attached hydrogens (tertiary/aromatic N) is 1. The molecule has 104 valence electrons. The van der Waals surface area contributed by atoms with E-state index in [0.717, 1.165) is 5.56 Å².